The van der Waals surface area contributed by atoms with Crippen molar-refractivity contribution in [2.24, 2.45) is 0 Å². The largest absolute Gasteiger partial charge is 0.465 e. The van der Waals surface area contributed by atoms with Crippen molar-refractivity contribution in [2.75, 3.05) is 0 Å². The van der Waals surface area contributed by atoms with Crippen molar-refractivity contribution in [2.45, 2.75) is 39.9 Å². The number of rotatable bonds is 2. The first-order chi connectivity index (χ1) is 9.38. The monoisotopic (exact) mass is 282 g/mol. The molecule has 0 aliphatic heterocycles. The van der Waals surface area contributed by atoms with Crippen LogP contribution in [0.15, 0.2) is 28.9 Å². The van der Waals surface area contributed by atoms with E-state index in [9.17, 15) is 0 Å². The van der Waals surface area contributed by atoms with Crippen molar-refractivity contribution in [1.82, 2.24) is 0 Å². The highest BCUT2D eigenvalue weighted by Gasteiger charge is 2.27. The third kappa shape index (κ3) is 2.08. The highest BCUT2D eigenvalue weighted by atomic mass is 28.3. The van der Waals surface area contributed by atoms with Crippen LogP contribution >= 0.6 is 0 Å². The average Bonchev–Trinajstić information content (AvgIpc) is 2.98. The minimum Gasteiger partial charge on any atom is -0.465 e. The van der Waals surface area contributed by atoms with Crippen molar-refractivity contribution in [1.29, 1.82) is 0 Å². The molecule has 1 aliphatic rings. The molecule has 1 aromatic heterocycles. The lowest BCUT2D eigenvalue weighted by Crippen LogP contribution is -2.38. The molecule has 1 aliphatic carbocycles. The van der Waals surface area contributed by atoms with Gasteiger partial charge in [0.05, 0.1) is 14.3 Å². The molecule has 104 valence electrons. The lowest BCUT2D eigenvalue weighted by molar-refractivity contribution is 0.554. The number of furan rings is 1. The maximum absolute atomic E-state index is 5.85. The zero-order valence-electron chi connectivity index (χ0n) is 13.0. The van der Waals surface area contributed by atoms with Crippen LogP contribution in [0.1, 0.15) is 28.0 Å². The summed E-state index contributed by atoms with van der Waals surface area (Å²) in [6.07, 6.45) is 5.19. The van der Waals surface area contributed by atoms with Gasteiger partial charge in [0.25, 0.3) is 0 Å². The summed E-state index contributed by atoms with van der Waals surface area (Å²) in [5, 5.41) is 1.44. The maximum Gasteiger partial charge on any atom is 0.129 e. The Labute approximate surface area is 122 Å². The Morgan fingerprint density at radius 1 is 1.00 bits per heavy atom. The van der Waals surface area contributed by atoms with Gasteiger partial charge in [-0.2, -0.15) is 0 Å². The topological polar surface area (TPSA) is 13.1 Å². The van der Waals surface area contributed by atoms with Crippen LogP contribution < -0.4 is 5.19 Å². The summed E-state index contributed by atoms with van der Waals surface area (Å²) in [5.41, 5.74) is 6.97. The zero-order valence-corrected chi connectivity index (χ0v) is 14.0. The molecule has 0 unspecified atom stereocenters. The lowest BCUT2D eigenvalue weighted by Gasteiger charge is -2.16. The second-order valence-corrected chi connectivity index (χ2v) is 11.9. The summed E-state index contributed by atoms with van der Waals surface area (Å²) in [4.78, 5) is 0. The number of hydrogen-bond donors (Lipinski definition) is 0. The molecule has 2 heteroatoms. The molecule has 0 spiro atoms. The Hall–Kier alpha value is -1.54. The molecule has 0 radical (unpaired) electrons. The van der Waals surface area contributed by atoms with Gasteiger partial charge in [-0.05, 0) is 59.0 Å². The second-order valence-electron chi connectivity index (χ2n) is 6.85. The fraction of sp³-hybridized carbons (Fsp3) is 0.333. The summed E-state index contributed by atoms with van der Waals surface area (Å²) in [6, 6.07) is 6.62. The van der Waals surface area contributed by atoms with Gasteiger partial charge < -0.3 is 4.42 Å². The van der Waals surface area contributed by atoms with E-state index in [1.807, 2.05) is 6.26 Å². The van der Waals surface area contributed by atoms with Crippen LogP contribution in [0.4, 0.5) is 0 Å². The molecular weight excluding hydrogens is 260 g/mol. The van der Waals surface area contributed by atoms with Gasteiger partial charge in [-0.25, -0.2) is 0 Å². The summed E-state index contributed by atoms with van der Waals surface area (Å²) in [7, 11) is -1.36. The van der Waals surface area contributed by atoms with Crippen LogP contribution in [-0.2, 0) is 6.42 Å². The van der Waals surface area contributed by atoms with Crippen molar-refractivity contribution >= 4 is 24.9 Å². The SMILES string of the molecule is Cc1ccc(C)c2c1C=C(c1occc1[Si](C)(C)C)C2. The van der Waals surface area contributed by atoms with Crippen LogP contribution in [0.2, 0.25) is 19.6 Å². The molecule has 1 heterocycles. The molecule has 0 saturated heterocycles. The summed E-state index contributed by atoms with van der Waals surface area (Å²) in [5.74, 6) is 1.12. The van der Waals surface area contributed by atoms with Crippen molar-refractivity contribution in [3.05, 3.63) is 52.5 Å². The quantitative estimate of drug-likeness (QED) is 0.737. The van der Waals surface area contributed by atoms with E-state index in [2.05, 4.69) is 57.8 Å². The van der Waals surface area contributed by atoms with Crippen molar-refractivity contribution in [3.8, 4) is 0 Å². The lowest BCUT2D eigenvalue weighted by atomic mass is 9.99. The molecule has 0 N–H and O–H groups in total. The molecular formula is C18H22OSi. The highest BCUT2D eigenvalue weighted by Crippen LogP contribution is 2.35. The molecule has 0 saturated carbocycles. The van der Waals surface area contributed by atoms with Crippen molar-refractivity contribution in [3.63, 3.8) is 0 Å². The first-order valence-electron chi connectivity index (χ1n) is 7.26. The van der Waals surface area contributed by atoms with Gasteiger partial charge in [0.1, 0.15) is 5.76 Å². The summed E-state index contributed by atoms with van der Waals surface area (Å²) in [6.45, 7) is 11.5. The van der Waals surface area contributed by atoms with Gasteiger partial charge in [-0.1, -0.05) is 31.8 Å². The molecule has 3 rings (SSSR count). The Bertz CT molecular complexity index is 699. The fourth-order valence-corrected chi connectivity index (χ4v) is 4.51. The van der Waals surface area contributed by atoms with Gasteiger partial charge in [0.15, 0.2) is 0 Å². The molecule has 0 bridgehead atoms. The first-order valence-corrected chi connectivity index (χ1v) is 10.8. The molecule has 0 amide bonds. The number of allylic oxidation sites excluding steroid dienone is 1. The van der Waals surface area contributed by atoms with E-state index in [-0.39, 0.29) is 0 Å². The first kappa shape index (κ1) is 13.4. The van der Waals surface area contributed by atoms with Gasteiger partial charge in [-0.3, -0.25) is 0 Å². The van der Waals surface area contributed by atoms with Gasteiger partial charge in [-0.15, -0.1) is 0 Å². The zero-order chi connectivity index (χ0) is 14.5. The van der Waals surface area contributed by atoms with E-state index in [0.717, 1.165) is 12.2 Å². The predicted octanol–water partition coefficient (Wildman–Crippen LogP) is 4.54. The Morgan fingerprint density at radius 2 is 1.70 bits per heavy atom. The summed E-state index contributed by atoms with van der Waals surface area (Å²) < 4.78 is 5.85. The van der Waals surface area contributed by atoms with E-state index in [1.165, 1.54) is 33.0 Å². The predicted molar refractivity (Wildman–Crippen MR) is 89.2 cm³/mol. The summed E-state index contributed by atoms with van der Waals surface area (Å²) >= 11 is 0. The smallest absolute Gasteiger partial charge is 0.129 e. The van der Waals surface area contributed by atoms with Gasteiger partial charge in [0, 0.05) is 6.42 Å². The maximum atomic E-state index is 5.85. The standard InChI is InChI=1S/C18H22OSi/c1-12-6-7-13(2)16-11-14(10-15(12)16)18-17(8-9-19-18)20(3,4)5/h6-10H,11H2,1-5H3. The Balaban J connectivity index is 2.08. The van der Waals surface area contributed by atoms with Crippen molar-refractivity contribution < 1.29 is 4.42 Å². The van der Waals surface area contributed by atoms with E-state index >= 15 is 0 Å². The third-order valence-electron chi connectivity index (χ3n) is 4.26. The van der Waals surface area contributed by atoms with Crippen LogP contribution in [0.25, 0.3) is 11.6 Å². The van der Waals surface area contributed by atoms with Crippen LogP contribution in [0.5, 0.6) is 0 Å². The molecule has 20 heavy (non-hydrogen) atoms. The molecule has 0 fully saturated rings. The second kappa shape index (κ2) is 4.49. The minimum atomic E-state index is -1.36. The number of hydrogen-bond acceptors (Lipinski definition) is 1. The third-order valence-corrected chi connectivity index (χ3v) is 6.27. The Morgan fingerprint density at radius 3 is 2.35 bits per heavy atom. The van der Waals surface area contributed by atoms with E-state index < -0.39 is 8.07 Å². The molecule has 2 aromatic rings. The van der Waals surface area contributed by atoms with E-state index in [0.29, 0.717) is 0 Å². The van der Waals surface area contributed by atoms with Crippen LogP contribution in [0.3, 0.4) is 0 Å². The van der Waals surface area contributed by atoms with Crippen LogP contribution in [0, 0.1) is 13.8 Å². The van der Waals surface area contributed by atoms with Gasteiger partial charge >= 0.3 is 0 Å². The van der Waals surface area contributed by atoms with E-state index in [1.54, 1.807) is 0 Å². The van der Waals surface area contributed by atoms with Gasteiger partial charge in [0.2, 0.25) is 0 Å². The molecule has 1 nitrogen and oxygen atoms in total. The van der Waals surface area contributed by atoms with E-state index in [4.69, 9.17) is 4.42 Å². The molecule has 0 atom stereocenters. The number of fused-ring (bicyclic) bond motifs is 1. The number of benzene rings is 1. The molecule has 1 aromatic carbocycles. The van der Waals surface area contributed by atoms with Crippen LogP contribution in [-0.4, -0.2) is 8.07 Å². The Kier molecular flexibility index (Phi) is 3.02. The fourth-order valence-electron chi connectivity index (χ4n) is 3.04. The average molecular weight is 282 g/mol. The minimum absolute atomic E-state index is 1.01. The normalized spacial score (nSPS) is 14.3. The number of aryl methyl sites for hydroxylation is 2. The highest BCUT2D eigenvalue weighted by molar-refractivity contribution is 6.89.